The first-order valence-corrected chi connectivity index (χ1v) is 7.42. The van der Waals surface area contributed by atoms with E-state index in [-0.39, 0.29) is 0 Å². The molecule has 1 aromatic carbocycles. The van der Waals surface area contributed by atoms with E-state index in [1.54, 1.807) is 0 Å². The smallest absolute Gasteiger partial charge is 0.0816 e. The molecule has 0 saturated carbocycles. The second kappa shape index (κ2) is 7.88. The lowest BCUT2D eigenvalue weighted by atomic mass is 10.0. The fourth-order valence-electron chi connectivity index (χ4n) is 2.31. The van der Waals surface area contributed by atoms with E-state index in [1.807, 2.05) is 24.3 Å². The summed E-state index contributed by atoms with van der Waals surface area (Å²) in [6, 6.07) is 8.05. The number of aliphatic hydroxyl groups is 1. The topological polar surface area (TPSA) is 23.5 Å². The lowest BCUT2D eigenvalue weighted by Crippen LogP contribution is -2.31. The molecule has 0 saturated heterocycles. The van der Waals surface area contributed by atoms with Crippen LogP contribution in [-0.4, -0.2) is 29.6 Å². The van der Waals surface area contributed by atoms with Crippen molar-refractivity contribution >= 4 is 11.6 Å². The van der Waals surface area contributed by atoms with Crippen LogP contribution in [0.4, 0.5) is 0 Å². The van der Waals surface area contributed by atoms with Gasteiger partial charge in [-0.3, -0.25) is 0 Å². The molecule has 19 heavy (non-hydrogen) atoms. The zero-order valence-corrected chi connectivity index (χ0v) is 13.2. The number of benzene rings is 1. The number of rotatable bonds is 7. The van der Waals surface area contributed by atoms with Gasteiger partial charge in [0.25, 0.3) is 0 Å². The summed E-state index contributed by atoms with van der Waals surface area (Å²) < 4.78 is 0. The molecule has 0 amide bonds. The van der Waals surface area contributed by atoms with Crippen LogP contribution in [0.15, 0.2) is 24.3 Å². The highest BCUT2D eigenvalue weighted by Crippen LogP contribution is 2.25. The monoisotopic (exact) mass is 283 g/mol. The Balaban J connectivity index is 2.46. The van der Waals surface area contributed by atoms with Crippen LogP contribution in [0.25, 0.3) is 0 Å². The molecular formula is C16H26ClNO. The fourth-order valence-corrected chi connectivity index (χ4v) is 2.57. The summed E-state index contributed by atoms with van der Waals surface area (Å²) in [6.07, 6.45) is 1.41. The predicted octanol–water partition coefficient (Wildman–Crippen LogP) is 4.13. The maximum Gasteiger partial charge on any atom is 0.0816 e. The molecule has 1 rings (SSSR count). The highest BCUT2D eigenvalue weighted by atomic mass is 35.5. The molecule has 0 aliphatic carbocycles. The Bertz CT molecular complexity index is 381. The summed E-state index contributed by atoms with van der Waals surface area (Å²) in [6.45, 7) is 7.59. The Morgan fingerprint density at radius 2 is 1.84 bits per heavy atom. The van der Waals surface area contributed by atoms with E-state index in [9.17, 15) is 5.11 Å². The maximum absolute atomic E-state index is 10.2. The van der Waals surface area contributed by atoms with Gasteiger partial charge in [-0.05, 0) is 44.4 Å². The molecule has 0 aliphatic heterocycles. The summed E-state index contributed by atoms with van der Waals surface area (Å²) in [7, 11) is 2.12. The van der Waals surface area contributed by atoms with Gasteiger partial charge in [0.1, 0.15) is 0 Å². The summed E-state index contributed by atoms with van der Waals surface area (Å²) in [4.78, 5) is 2.31. The second-order valence-corrected chi connectivity index (χ2v) is 6.19. The van der Waals surface area contributed by atoms with Crippen molar-refractivity contribution in [2.24, 2.45) is 5.92 Å². The molecule has 1 aromatic rings. The van der Waals surface area contributed by atoms with Gasteiger partial charge in [0.2, 0.25) is 0 Å². The van der Waals surface area contributed by atoms with Crippen LogP contribution in [-0.2, 0) is 0 Å². The Morgan fingerprint density at radius 1 is 1.21 bits per heavy atom. The normalized spacial score (nSPS) is 14.9. The van der Waals surface area contributed by atoms with E-state index in [4.69, 9.17) is 11.6 Å². The minimum absolute atomic E-state index is 0.484. The van der Waals surface area contributed by atoms with Crippen molar-refractivity contribution < 1.29 is 5.11 Å². The highest BCUT2D eigenvalue weighted by Gasteiger charge is 2.15. The zero-order chi connectivity index (χ0) is 14.4. The average Bonchev–Trinajstić information content (AvgIpc) is 2.35. The number of nitrogens with zero attached hydrogens (tertiary/aromatic N) is 1. The molecule has 0 spiro atoms. The van der Waals surface area contributed by atoms with Crippen molar-refractivity contribution in [2.75, 3.05) is 13.6 Å². The molecule has 0 aliphatic rings. The molecule has 0 heterocycles. The van der Waals surface area contributed by atoms with E-state index in [0.717, 1.165) is 12.1 Å². The Labute approximate surface area is 122 Å². The van der Waals surface area contributed by atoms with Crippen LogP contribution in [0.1, 0.15) is 45.3 Å². The second-order valence-electron chi connectivity index (χ2n) is 5.79. The predicted molar refractivity (Wildman–Crippen MR) is 82.6 cm³/mol. The number of halogens is 1. The van der Waals surface area contributed by atoms with Gasteiger partial charge in [0, 0.05) is 17.6 Å². The molecule has 0 radical (unpaired) electrons. The van der Waals surface area contributed by atoms with Gasteiger partial charge in [0.15, 0.2) is 0 Å². The first kappa shape index (κ1) is 16.5. The third kappa shape index (κ3) is 5.52. The largest absolute Gasteiger partial charge is 0.388 e. The van der Waals surface area contributed by atoms with E-state index >= 15 is 0 Å². The van der Waals surface area contributed by atoms with E-state index < -0.39 is 6.10 Å². The van der Waals surface area contributed by atoms with Gasteiger partial charge in [0.05, 0.1) is 6.10 Å². The Morgan fingerprint density at radius 3 is 2.42 bits per heavy atom. The van der Waals surface area contributed by atoms with Crippen LogP contribution in [0.3, 0.4) is 0 Å². The molecule has 2 unspecified atom stereocenters. The number of hydrogen-bond acceptors (Lipinski definition) is 2. The van der Waals surface area contributed by atoms with Crippen molar-refractivity contribution in [3.05, 3.63) is 34.9 Å². The summed E-state index contributed by atoms with van der Waals surface area (Å²) in [5.74, 6) is 0.700. The lowest BCUT2D eigenvalue weighted by molar-refractivity contribution is 0.134. The number of hydrogen-bond donors (Lipinski definition) is 1. The van der Waals surface area contributed by atoms with Crippen LogP contribution < -0.4 is 0 Å². The molecule has 0 aromatic heterocycles. The van der Waals surface area contributed by atoms with Gasteiger partial charge in [-0.15, -0.1) is 0 Å². The molecule has 2 atom stereocenters. The fraction of sp³-hybridized carbons (Fsp3) is 0.625. The summed E-state index contributed by atoms with van der Waals surface area (Å²) in [5, 5.41) is 10.8. The Kier molecular flexibility index (Phi) is 6.84. The first-order chi connectivity index (χ1) is 8.91. The van der Waals surface area contributed by atoms with E-state index in [1.165, 1.54) is 6.42 Å². The quantitative estimate of drug-likeness (QED) is 0.813. The lowest BCUT2D eigenvalue weighted by Gasteiger charge is -2.27. The molecule has 0 fully saturated rings. The standard InChI is InChI=1S/C16H26ClNO/c1-12(2)11-13(3)18(4)10-9-16(19)14-7-5-6-8-15(14)17/h5-8,12-13,16,19H,9-11H2,1-4H3. The van der Waals surface area contributed by atoms with Crippen molar-refractivity contribution in [3.63, 3.8) is 0 Å². The first-order valence-electron chi connectivity index (χ1n) is 7.04. The molecule has 0 bridgehead atoms. The van der Waals surface area contributed by atoms with Gasteiger partial charge in [-0.1, -0.05) is 43.6 Å². The molecular weight excluding hydrogens is 258 g/mol. The molecule has 3 heteroatoms. The van der Waals surface area contributed by atoms with Gasteiger partial charge < -0.3 is 10.0 Å². The van der Waals surface area contributed by atoms with Crippen molar-refractivity contribution in [3.8, 4) is 0 Å². The molecule has 108 valence electrons. The average molecular weight is 284 g/mol. The van der Waals surface area contributed by atoms with Crippen LogP contribution in [0.5, 0.6) is 0 Å². The van der Waals surface area contributed by atoms with Crippen LogP contribution in [0, 0.1) is 5.92 Å². The molecule has 1 N–H and O–H groups in total. The minimum atomic E-state index is -0.484. The molecule has 2 nitrogen and oxygen atoms in total. The van der Waals surface area contributed by atoms with Gasteiger partial charge in [-0.2, -0.15) is 0 Å². The van der Waals surface area contributed by atoms with Crippen molar-refractivity contribution in [2.45, 2.75) is 45.8 Å². The SMILES string of the molecule is CC(C)CC(C)N(C)CCC(O)c1ccccc1Cl. The zero-order valence-electron chi connectivity index (χ0n) is 12.4. The van der Waals surface area contributed by atoms with E-state index in [0.29, 0.717) is 23.4 Å². The Hall–Kier alpha value is -0.570. The van der Waals surface area contributed by atoms with E-state index in [2.05, 4.69) is 32.7 Å². The maximum atomic E-state index is 10.2. The highest BCUT2D eigenvalue weighted by molar-refractivity contribution is 6.31. The minimum Gasteiger partial charge on any atom is -0.388 e. The third-order valence-electron chi connectivity index (χ3n) is 3.58. The third-order valence-corrected chi connectivity index (χ3v) is 3.93. The number of aliphatic hydroxyl groups excluding tert-OH is 1. The van der Waals surface area contributed by atoms with Gasteiger partial charge >= 0.3 is 0 Å². The van der Waals surface area contributed by atoms with Crippen LogP contribution >= 0.6 is 11.6 Å². The van der Waals surface area contributed by atoms with Crippen molar-refractivity contribution in [1.82, 2.24) is 4.90 Å². The van der Waals surface area contributed by atoms with Crippen LogP contribution in [0.2, 0.25) is 5.02 Å². The van der Waals surface area contributed by atoms with Gasteiger partial charge in [-0.25, -0.2) is 0 Å². The summed E-state index contributed by atoms with van der Waals surface area (Å²) >= 11 is 6.09. The van der Waals surface area contributed by atoms with Crippen molar-refractivity contribution in [1.29, 1.82) is 0 Å². The summed E-state index contributed by atoms with van der Waals surface area (Å²) in [5.41, 5.74) is 0.828.